The first-order chi connectivity index (χ1) is 11.8. The molecule has 0 bridgehead atoms. The lowest BCUT2D eigenvalue weighted by Crippen LogP contribution is -2.47. The zero-order valence-electron chi connectivity index (χ0n) is 16.4. The van der Waals surface area contributed by atoms with Crippen LogP contribution in [0.5, 0.6) is 0 Å². The van der Waals surface area contributed by atoms with Gasteiger partial charge < -0.3 is 4.74 Å². The number of hydrogen-bond donors (Lipinski definition) is 0. The lowest BCUT2D eigenvalue weighted by atomic mass is 9.52. The smallest absolute Gasteiger partial charge is 0.315 e. The molecule has 0 aromatic heterocycles. The average molecular weight is 344 g/mol. The number of hydrogen-bond acceptors (Lipinski definition) is 3. The Morgan fingerprint density at radius 2 is 2.04 bits per heavy atom. The van der Waals surface area contributed by atoms with Crippen LogP contribution in [-0.2, 0) is 14.3 Å². The maximum Gasteiger partial charge on any atom is 0.315 e. The summed E-state index contributed by atoms with van der Waals surface area (Å²) in [7, 11) is 1.52. The summed E-state index contributed by atoms with van der Waals surface area (Å²) in [6.07, 6.45) is 8.71. The molecule has 25 heavy (non-hydrogen) atoms. The van der Waals surface area contributed by atoms with Crippen LogP contribution in [0.15, 0.2) is 22.8 Å². The summed E-state index contributed by atoms with van der Waals surface area (Å²) in [5, 5.41) is 0. The first kappa shape index (κ1) is 18.4. The van der Waals surface area contributed by atoms with Crippen molar-refractivity contribution in [2.75, 3.05) is 7.11 Å². The molecular formula is C22H32O3. The van der Waals surface area contributed by atoms with Crippen LogP contribution in [-0.4, -0.2) is 19.4 Å². The summed E-state index contributed by atoms with van der Waals surface area (Å²) in [6, 6.07) is 0. The highest BCUT2D eigenvalue weighted by atomic mass is 16.5. The molecule has 3 aliphatic rings. The summed E-state index contributed by atoms with van der Waals surface area (Å²) >= 11 is 0. The van der Waals surface area contributed by atoms with Gasteiger partial charge in [-0.1, -0.05) is 39.3 Å². The van der Waals surface area contributed by atoms with Gasteiger partial charge in [0.2, 0.25) is 0 Å². The van der Waals surface area contributed by atoms with Crippen LogP contribution in [0.4, 0.5) is 0 Å². The average Bonchev–Trinajstić information content (AvgIpc) is 2.94. The van der Waals surface area contributed by atoms with Gasteiger partial charge in [-0.05, 0) is 72.8 Å². The number of carbonyl (C=O) groups excluding carboxylic acids is 2. The van der Waals surface area contributed by atoms with Crippen molar-refractivity contribution in [2.45, 2.75) is 66.2 Å². The lowest BCUT2D eigenvalue weighted by Gasteiger charge is -2.52. The minimum Gasteiger partial charge on any atom is -0.468 e. The fourth-order valence-electron chi connectivity index (χ4n) is 5.85. The lowest BCUT2D eigenvalue weighted by molar-refractivity contribution is -0.153. The Hall–Kier alpha value is -1.38. The van der Waals surface area contributed by atoms with E-state index in [0.29, 0.717) is 17.8 Å². The molecule has 0 heterocycles. The second-order valence-electron chi connectivity index (χ2n) is 8.96. The number of esters is 1. The Bertz CT molecular complexity index is 642. The van der Waals surface area contributed by atoms with Crippen LogP contribution < -0.4 is 0 Å². The Morgan fingerprint density at radius 3 is 2.64 bits per heavy atom. The number of fused-ring (bicyclic) bond motifs is 3. The molecule has 0 aromatic rings. The van der Waals surface area contributed by atoms with Gasteiger partial charge in [0.25, 0.3) is 0 Å². The van der Waals surface area contributed by atoms with Gasteiger partial charge in [-0.3, -0.25) is 9.59 Å². The standard InChI is InChI=1S/C22H32O3/c1-14(2)17-8-9-22(20(24)25-5)11-10-21(4)15(3)12-16(13-23)6-7-18(21)19(17)22/h6,13-15,18H,7-12H2,1-5H3/t15?,18-,21+,22+/m1/s1. The van der Waals surface area contributed by atoms with Crippen molar-refractivity contribution in [2.24, 2.45) is 28.6 Å². The van der Waals surface area contributed by atoms with Gasteiger partial charge in [-0.25, -0.2) is 0 Å². The molecule has 0 N–H and O–H groups in total. The van der Waals surface area contributed by atoms with Gasteiger partial charge in [0, 0.05) is 0 Å². The highest BCUT2D eigenvalue weighted by Gasteiger charge is 2.59. The maximum atomic E-state index is 12.9. The van der Waals surface area contributed by atoms with E-state index in [1.54, 1.807) is 0 Å². The Labute approximate surface area is 151 Å². The van der Waals surface area contributed by atoms with Gasteiger partial charge in [0.1, 0.15) is 6.29 Å². The van der Waals surface area contributed by atoms with Crippen LogP contribution in [0.2, 0.25) is 0 Å². The van der Waals surface area contributed by atoms with Crippen molar-refractivity contribution in [3.63, 3.8) is 0 Å². The molecule has 3 nitrogen and oxygen atoms in total. The summed E-state index contributed by atoms with van der Waals surface area (Å²) in [5.74, 6) is 1.19. The maximum absolute atomic E-state index is 12.9. The van der Waals surface area contributed by atoms with E-state index in [0.717, 1.165) is 50.4 Å². The Kier molecular flexibility index (Phi) is 4.72. The van der Waals surface area contributed by atoms with Crippen molar-refractivity contribution < 1.29 is 14.3 Å². The van der Waals surface area contributed by atoms with Crippen molar-refractivity contribution in [1.29, 1.82) is 0 Å². The molecule has 0 saturated heterocycles. The summed E-state index contributed by atoms with van der Waals surface area (Å²) < 4.78 is 5.29. The number of methoxy groups -OCH3 is 1. The predicted octanol–water partition coefficient (Wildman–Crippen LogP) is 4.86. The number of ether oxygens (including phenoxy) is 1. The SMILES string of the molecule is COC(=O)[C@]12CCC(C(C)C)=C1[C@H]1CC=C(C=O)CC(C)[C@]1(C)CC2. The number of carbonyl (C=O) groups is 2. The summed E-state index contributed by atoms with van der Waals surface area (Å²) in [5.41, 5.74) is 3.49. The minimum absolute atomic E-state index is 0.0447. The zero-order valence-corrected chi connectivity index (χ0v) is 16.4. The summed E-state index contributed by atoms with van der Waals surface area (Å²) in [6.45, 7) is 9.16. The van der Waals surface area contributed by atoms with Gasteiger partial charge in [0.15, 0.2) is 0 Å². The highest BCUT2D eigenvalue weighted by molar-refractivity contribution is 5.82. The number of aldehydes is 1. The molecule has 0 spiro atoms. The fourth-order valence-corrected chi connectivity index (χ4v) is 5.85. The third kappa shape index (κ3) is 2.62. The molecule has 138 valence electrons. The van der Waals surface area contributed by atoms with E-state index in [1.165, 1.54) is 18.3 Å². The largest absolute Gasteiger partial charge is 0.468 e. The third-order valence-corrected chi connectivity index (χ3v) is 7.63. The van der Waals surface area contributed by atoms with Crippen LogP contribution in [0.1, 0.15) is 66.2 Å². The van der Waals surface area contributed by atoms with Crippen LogP contribution in [0.25, 0.3) is 0 Å². The molecule has 1 saturated carbocycles. The van der Waals surface area contributed by atoms with Crippen molar-refractivity contribution in [1.82, 2.24) is 0 Å². The first-order valence-corrected chi connectivity index (χ1v) is 9.76. The van der Waals surface area contributed by atoms with E-state index in [4.69, 9.17) is 4.74 Å². The molecular weight excluding hydrogens is 312 g/mol. The topological polar surface area (TPSA) is 43.4 Å². The predicted molar refractivity (Wildman–Crippen MR) is 98.9 cm³/mol. The van der Waals surface area contributed by atoms with E-state index >= 15 is 0 Å². The van der Waals surface area contributed by atoms with Crippen LogP contribution >= 0.6 is 0 Å². The van der Waals surface area contributed by atoms with E-state index in [1.807, 2.05) is 0 Å². The number of allylic oxidation sites excluding steroid dienone is 3. The molecule has 1 unspecified atom stereocenters. The normalized spacial score (nSPS) is 37.9. The first-order valence-electron chi connectivity index (χ1n) is 9.76. The fraction of sp³-hybridized carbons (Fsp3) is 0.727. The Morgan fingerprint density at radius 1 is 1.32 bits per heavy atom. The van der Waals surface area contributed by atoms with Crippen molar-refractivity contribution in [3.05, 3.63) is 22.8 Å². The Balaban J connectivity index is 2.16. The molecule has 3 heteroatoms. The molecule has 0 amide bonds. The van der Waals surface area contributed by atoms with E-state index in [-0.39, 0.29) is 11.4 Å². The van der Waals surface area contributed by atoms with Gasteiger partial charge in [0.05, 0.1) is 12.5 Å². The third-order valence-electron chi connectivity index (χ3n) is 7.63. The molecule has 3 aliphatic carbocycles. The molecule has 0 radical (unpaired) electrons. The van der Waals surface area contributed by atoms with Crippen molar-refractivity contribution in [3.8, 4) is 0 Å². The second kappa shape index (κ2) is 6.41. The molecule has 4 atom stereocenters. The second-order valence-corrected chi connectivity index (χ2v) is 8.96. The number of rotatable bonds is 3. The minimum atomic E-state index is -0.419. The van der Waals surface area contributed by atoms with Gasteiger partial charge in [-0.2, -0.15) is 0 Å². The van der Waals surface area contributed by atoms with Gasteiger partial charge >= 0.3 is 5.97 Å². The molecule has 0 aromatic carbocycles. The van der Waals surface area contributed by atoms with E-state index < -0.39 is 5.41 Å². The highest BCUT2D eigenvalue weighted by Crippen LogP contribution is 2.64. The van der Waals surface area contributed by atoms with E-state index in [9.17, 15) is 9.59 Å². The van der Waals surface area contributed by atoms with Crippen LogP contribution in [0, 0.1) is 28.6 Å². The van der Waals surface area contributed by atoms with Gasteiger partial charge in [-0.15, -0.1) is 0 Å². The molecule has 3 rings (SSSR count). The molecule has 0 aliphatic heterocycles. The quantitative estimate of drug-likeness (QED) is 0.417. The zero-order chi connectivity index (χ0) is 18.4. The van der Waals surface area contributed by atoms with Crippen LogP contribution in [0.3, 0.4) is 0 Å². The summed E-state index contributed by atoms with van der Waals surface area (Å²) in [4.78, 5) is 24.3. The van der Waals surface area contributed by atoms with E-state index in [2.05, 4.69) is 33.8 Å². The molecule has 1 fully saturated rings. The van der Waals surface area contributed by atoms with Crippen molar-refractivity contribution >= 4 is 12.3 Å². The monoisotopic (exact) mass is 344 g/mol.